The molecule has 0 atom stereocenters. The van der Waals surface area contributed by atoms with Gasteiger partial charge in [0.2, 0.25) is 0 Å². The summed E-state index contributed by atoms with van der Waals surface area (Å²) in [5.41, 5.74) is 3.24. The van der Waals surface area contributed by atoms with E-state index in [4.69, 9.17) is 23.2 Å². The second kappa shape index (κ2) is 8.45. The average molecular weight is 368 g/mol. The van der Waals surface area contributed by atoms with Gasteiger partial charge < -0.3 is 5.32 Å². The fourth-order valence-corrected chi connectivity index (χ4v) is 2.53. The molecule has 0 unspecified atom stereocenters. The van der Waals surface area contributed by atoms with E-state index in [2.05, 4.69) is 29.1 Å². The molecule has 6 heteroatoms. The second-order valence-corrected chi connectivity index (χ2v) is 6.36. The average Bonchev–Trinajstić information content (AvgIpc) is 2.55. The third-order valence-corrected chi connectivity index (χ3v) is 4.39. The Balaban J connectivity index is 2.50. The van der Waals surface area contributed by atoms with Crippen molar-refractivity contribution in [3.63, 3.8) is 0 Å². The molecule has 24 heavy (non-hydrogen) atoms. The first kappa shape index (κ1) is 18.7. The number of aryl methyl sites for hydroxylation is 1. The Morgan fingerprint density at radius 1 is 1.21 bits per heavy atom. The van der Waals surface area contributed by atoms with Crippen LogP contribution in [0.4, 0.5) is 15.9 Å². The van der Waals surface area contributed by atoms with Crippen molar-refractivity contribution < 1.29 is 4.39 Å². The van der Waals surface area contributed by atoms with E-state index in [-0.39, 0.29) is 15.7 Å². The van der Waals surface area contributed by atoms with E-state index < -0.39 is 5.82 Å². The van der Waals surface area contributed by atoms with Crippen LogP contribution in [0.25, 0.3) is 6.08 Å². The molecular weight excluding hydrogens is 348 g/mol. The molecule has 0 bridgehead atoms. The molecule has 0 aliphatic heterocycles. The lowest BCUT2D eigenvalue weighted by molar-refractivity contribution is 0.632. The van der Waals surface area contributed by atoms with Crippen molar-refractivity contribution in [1.82, 2.24) is 9.97 Å². The first-order chi connectivity index (χ1) is 11.5. The van der Waals surface area contributed by atoms with Crippen LogP contribution in [-0.4, -0.2) is 9.97 Å². The van der Waals surface area contributed by atoms with Gasteiger partial charge in [-0.2, -0.15) is 0 Å². The third kappa shape index (κ3) is 4.46. The lowest BCUT2D eigenvalue weighted by Gasteiger charge is -2.14. The molecule has 0 fully saturated rings. The Labute approximate surface area is 151 Å². The highest BCUT2D eigenvalue weighted by molar-refractivity contribution is 6.42. The zero-order valence-corrected chi connectivity index (χ0v) is 15.5. The Kier molecular flexibility index (Phi) is 6.58. The van der Waals surface area contributed by atoms with Crippen molar-refractivity contribution in [2.24, 2.45) is 0 Å². The fourth-order valence-electron chi connectivity index (χ4n) is 2.21. The van der Waals surface area contributed by atoms with Crippen molar-refractivity contribution in [3.8, 4) is 0 Å². The maximum Gasteiger partial charge on any atom is 0.148 e. The largest absolute Gasteiger partial charge is 0.337 e. The summed E-state index contributed by atoms with van der Waals surface area (Å²) >= 11 is 11.8. The number of allylic oxidation sites excluding steroid dienone is 1. The number of aromatic nitrogens is 2. The van der Waals surface area contributed by atoms with Crippen LogP contribution >= 0.6 is 23.2 Å². The Morgan fingerprint density at radius 3 is 2.58 bits per heavy atom. The smallest absolute Gasteiger partial charge is 0.148 e. The summed E-state index contributed by atoms with van der Waals surface area (Å²) in [6.07, 6.45) is 6.23. The van der Waals surface area contributed by atoms with Gasteiger partial charge in [0.15, 0.2) is 0 Å². The van der Waals surface area contributed by atoms with Gasteiger partial charge in [0.25, 0.3) is 0 Å². The molecule has 3 nitrogen and oxygen atoms in total. The van der Waals surface area contributed by atoms with Crippen molar-refractivity contribution in [3.05, 3.63) is 51.2 Å². The van der Waals surface area contributed by atoms with Crippen LogP contribution in [0.15, 0.2) is 24.0 Å². The van der Waals surface area contributed by atoms with Crippen LogP contribution < -0.4 is 5.32 Å². The molecule has 0 amide bonds. The van der Waals surface area contributed by atoms with Crippen molar-refractivity contribution in [2.45, 2.75) is 40.0 Å². The lowest BCUT2D eigenvalue weighted by atomic mass is 10.1. The molecule has 1 heterocycles. The van der Waals surface area contributed by atoms with Gasteiger partial charge in [-0.3, -0.25) is 0 Å². The molecule has 0 radical (unpaired) electrons. The molecule has 1 aromatic carbocycles. The Morgan fingerprint density at radius 2 is 1.92 bits per heavy atom. The zero-order chi connectivity index (χ0) is 17.7. The predicted octanol–water partition coefficient (Wildman–Crippen LogP) is 6.43. The highest BCUT2D eigenvalue weighted by atomic mass is 35.5. The van der Waals surface area contributed by atoms with E-state index in [0.717, 1.165) is 30.5 Å². The summed E-state index contributed by atoms with van der Waals surface area (Å²) < 4.78 is 14.2. The van der Waals surface area contributed by atoms with Gasteiger partial charge in [0, 0.05) is 5.56 Å². The van der Waals surface area contributed by atoms with Crippen LogP contribution in [0.2, 0.25) is 10.0 Å². The van der Waals surface area contributed by atoms with Gasteiger partial charge in [0.05, 0.1) is 21.4 Å². The number of benzene rings is 1. The van der Waals surface area contributed by atoms with E-state index >= 15 is 0 Å². The van der Waals surface area contributed by atoms with Gasteiger partial charge >= 0.3 is 0 Å². The number of anilines is 2. The molecule has 0 spiro atoms. The molecule has 0 aliphatic rings. The van der Waals surface area contributed by atoms with Gasteiger partial charge in [-0.25, -0.2) is 14.4 Å². The maximum atomic E-state index is 14.2. The van der Waals surface area contributed by atoms with Crippen LogP contribution in [0, 0.1) is 5.82 Å². The fraction of sp³-hybridized carbons (Fsp3) is 0.333. The Hall–Kier alpha value is -1.65. The molecule has 1 aromatic heterocycles. The van der Waals surface area contributed by atoms with E-state index in [9.17, 15) is 4.39 Å². The minimum absolute atomic E-state index is 0.177. The number of halogens is 3. The number of hydrogen-bond donors (Lipinski definition) is 1. The lowest BCUT2D eigenvalue weighted by Crippen LogP contribution is -2.04. The SMILES string of the molecule is CCCc1ncnc(Nc2cc(Cl)c(Cl)cc2F)c1C=C(C)CC. The molecular formula is C18H20Cl2FN3. The summed E-state index contributed by atoms with van der Waals surface area (Å²) in [5.74, 6) is 0.0701. The van der Waals surface area contributed by atoms with Gasteiger partial charge in [-0.1, -0.05) is 55.1 Å². The van der Waals surface area contributed by atoms with Gasteiger partial charge in [0.1, 0.15) is 18.0 Å². The second-order valence-electron chi connectivity index (χ2n) is 5.55. The standard InChI is InChI=1S/C18H20Cl2FN3/c1-4-6-16-12(7-11(3)5-2)18(23-10-22-16)24-17-9-14(20)13(19)8-15(17)21/h7-10H,4-6H2,1-3H3,(H,22,23,24). The maximum absolute atomic E-state index is 14.2. The van der Waals surface area contributed by atoms with E-state index in [1.807, 2.05) is 13.0 Å². The van der Waals surface area contributed by atoms with Crippen LogP contribution in [-0.2, 0) is 6.42 Å². The minimum Gasteiger partial charge on any atom is -0.337 e. The molecule has 0 saturated carbocycles. The highest BCUT2D eigenvalue weighted by Gasteiger charge is 2.13. The highest BCUT2D eigenvalue weighted by Crippen LogP contribution is 2.31. The molecule has 0 aliphatic carbocycles. The molecule has 0 saturated heterocycles. The van der Waals surface area contributed by atoms with Crippen LogP contribution in [0.3, 0.4) is 0 Å². The first-order valence-corrected chi connectivity index (χ1v) is 8.64. The summed E-state index contributed by atoms with van der Waals surface area (Å²) in [5, 5.41) is 3.48. The summed E-state index contributed by atoms with van der Waals surface area (Å²) in [7, 11) is 0. The van der Waals surface area contributed by atoms with E-state index in [0.29, 0.717) is 5.82 Å². The van der Waals surface area contributed by atoms with Crippen molar-refractivity contribution in [2.75, 3.05) is 5.32 Å². The van der Waals surface area contributed by atoms with Gasteiger partial charge in [-0.05, 0) is 31.9 Å². The zero-order valence-electron chi connectivity index (χ0n) is 14.0. The Bertz CT molecular complexity index is 760. The van der Waals surface area contributed by atoms with Crippen LogP contribution in [0.1, 0.15) is 44.9 Å². The summed E-state index contributed by atoms with van der Waals surface area (Å²) in [4.78, 5) is 8.66. The summed E-state index contributed by atoms with van der Waals surface area (Å²) in [6.45, 7) is 6.22. The molecule has 2 rings (SSSR count). The summed E-state index contributed by atoms with van der Waals surface area (Å²) in [6, 6.07) is 2.65. The number of rotatable bonds is 6. The quantitative estimate of drug-likeness (QED) is 0.597. The molecule has 128 valence electrons. The van der Waals surface area contributed by atoms with Crippen LogP contribution in [0.5, 0.6) is 0 Å². The van der Waals surface area contributed by atoms with Crippen molar-refractivity contribution >= 4 is 40.8 Å². The molecule has 2 aromatic rings. The number of nitrogens with zero attached hydrogens (tertiary/aromatic N) is 2. The normalized spacial score (nSPS) is 11.7. The predicted molar refractivity (Wildman–Crippen MR) is 99.7 cm³/mol. The van der Waals surface area contributed by atoms with Crippen molar-refractivity contribution in [1.29, 1.82) is 0 Å². The van der Waals surface area contributed by atoms with Gasteiger partial charge in [-0.15, -0.1) is 0 Å². The number of hydrogen-bond acceptors (Lipinski definition) is 3. The number of nitrogens with one attached hydrogen (secondary N) is 1. The van der Waals surface area contributed by atoms with E-state index in [1.165, 1.54) is 24.0 Å². The molecule has 1 N–H and O–H groups in total. The van der Waals surface area contributed by atoms with E-state index in [1.54, 1.807) is 0 Å². The monoisotopic (exact) mass is 367 g/mol. The topological polar surface area (TPSA) is 37.8 Å². The third-order valence-electron chi connectivity index (χ3n) is 3.66. The first-order valence-electron chi connectivity index (χ1n) is 7.88. The minimum atomic E-state index is -0.484.